The fourth-order valence-electron chi connectivity index (χ4n) is 1.10. The summed E-state index contributed by atoms with van der Waals surface area (Å²) < 4.78 is 5.16. The summed E-state index contributed by atoms with van der Waals surface area (Å²) in [5.74, 6) is -1.12. The molecule has 1 rings (SSSR count). The van der Waals surface area contributed by atoms with E-state index in [1.54, 1.807) is 19.1 Å². The van der Waals surface area contributed by atoms with Gasteiger partial charge in [-0.15, -0.1) is 0 Å². The fourth-order valence-corrected chi connectivity index (χ4v) is 1.56. The third kappa shape index (κ3) is 2.96. The molecule has 0 atom stereocenters. The molecular formula is C10H10BrNO4. The number of nitrogens with one attached hydrogen (secondary N) is 1. The minimum Gasteiger partial charge on any atom is -0.478 e. The van der Waals surface area contributed by atoms with E-state index in [2.05, 4.69) is 26.0 Å². The number of aromatic carboxylic acids is 1. The fraction of sp³-hybridized carbons (Fsp3) is 0.200. The van der Waals surface area contributed by atoms with Crippen molar-refractivity contribution < 1.29 is 19.4 Å². The second kappa shape index (κ2) is 5.50. The van der Waals surface area contributed by atoms with Crippen LogP contribution in [0, 0.1) is 0 Å². The standard InChI is InChI=1S/C10H10BrNO4/c1-2-16-10(15)12-8-6(9(13)14)4-3-5-7(8)11/h3-5H,2H2,1H3,(H,12,15)(H,13,14). The SMILES string of the molecule is CCOC(=O)Nc1c(Br)cccc1C(=O)O. The van der Waals surface area contributed by atoms with Gasteiger partial charge < -0.3 is 9.84 Å². The second-order valence-corrected chi connectivity index (χ2v) is 3.67. The highest BCUT2D eigenvalue weighted by molar-refractivity contribution is 9.10. The normalized spacial score (nSPS) is 9.62. The van der Waals surface area contributed by atoms with E-state index >= 15 is 0 Å². The van der Waals surface area contributed by atoms with Gasteiger partial charge in [-0.3, -0.25) is 5.32 Å². The van der Waals surface area contributed by atoms with Crippen molar-refractivity contribution in [1.29, 1.82) is 0 Å². The number of hydrogen-bond donors (Lipinski definition) is 2. The number of ether oxygens (including phenoxy) is 1. The number of amides is 1. The molecule has 0 heterocycles. The molecule has 6 heteroatoms. The molecule has 0 spiro atoms. The molecule has 16 heavy (non-hydrogen) atoms. The van der Waals surface area contributed by atoms with Crippen LogP contribution in [0.25, 0.3) is 0 Å². The molecule has 0 aliphatic heterocycles. The Morgan fingerprint density at radius 2 is 2.19 bits per heavy atom. The number of halogens is 1. The molecule has 0 aliphatic carbocycles. The van der Waals surface area contributed by atoms with Gasteiger partial charge in [0.25, 0.3) is 0 Å². The van der Waals surface area contributed by atoms with Gasteiger partial charge in [0.05, 0.1) is 17.9 Å². The Morgan fingerprint density at radius 1 is 1.50 bits per heavy atom. The third-order valence-corrected chi connectivity index (χ3v) is 2.41. The molecule has 0 bridgehead atoms. The number of rotatable bonds is 3. The Balaban J connectivity index is 3.01. The lowest BCUT2D eigenvalue weighted by Gasteiger charge is -2.09. The Kier molecular flexibility index (Phi) is 4.30. The van der Waals surface area contributed by atoms with Gasteiger partial charge in [-0.25, -0.2) is 9.59 Å². The Morgan fingerprint density at radius 3 is 2.75 bits per heavy atom. The van der Waals surface area contributed by atoms with Crippen LogP contribution in [-0.4, -0.2) is 23.8 Å². The predicted molar refractivity (Wildman–Crippen MR) is 61.7 cm³/mol. The van der Waals surface area contributed by atoms with Crippen LogP contribution >= 0.6 is 15.9 Å². The summed E-state index contributed by atoms with van der Waals surface area (Å²) in [4.78, 5) is 22.1. The summed E-state index contributed by atoms with van der Waals surface area (Å²) in [5.41, 5.74) is 0.191. The maximum Gasteiger partial charge on any atom is 0.411 e. The molecule has 2 N–H and O–H groups in total. The van der Waals surface area contributed by atoms with Crippen LogP contribution in [0.4, 0.5) is 10.5 Å². The van der Waals surface area contributed by atoms with Gasteiger partial charge in [0.2, 0.25) is 0 Å². The topological polar surface area (TPSA) is 75.6 Å². The molecule has 0 aliphatic rings. The number of hydrogen-bond acceptors (Lipinski definition) is 3. The van der Waals surface area contributed by atoms with Gasteiger partial charge in [-0.05, 0) is 35.0 Å². The summed E-state index contributed by atoms with van der Waals surface area (Å²) in [7, 11) is 0. The Bertz CT molecular complexity index is 419. The molecule has 0 radical (unpaired) electrons. The van der Waals surface area contributed by atoms with E-state index in [4.69, 9.17) is 5.11 Å². The van der Waals surface area contributed by atoms with Gasteiger partial charge in [0, 0.05) is 4.47 Å². The number of carbonyl (C=O) groups is 2. The highest BCUT2D eigenvalue weighted by Gasteiger charge is 2.15. The number of benzene rings is 1. The first-order chi connectivity index (χ1) is 7.56. The molecule has 1 amide bonds. The molecule has 0 saturated heterocycles. The number of anilines is 1. The molecule has 0 unspecified atom stereocenters. The lowest BCUT2D eigenvalue weighted by Crippen LogP contribution is -2.16. The highest BCUT2D eigenvalue weighted by Crippen LogP contribution is 2.26. The molecule has 0 fully saturated rings. The van der Waals surface area contributed by atoms with Gasteiger partial charge in [0.1, 0.15) is 0 Å². The average molecular weight is 288 g/mol. The first-order valence-corrected chi connectivity index (χ1v) is 5.31. The van der Waals surface area contributed by atoms with Gasteiger partial charge >= 0.3 is 12.1 Å². The second-order valence-electron chi connectivity index (χ2n) is 2.81. The van der Waals surface area contributed by atoms with Crippen LogP contribution in [0.3, 0.4) is 0 Å². The minimum atomic E-state index is -1.12. The first-order valence-electron chi connectivity index (χ1n) is 4.51. The van der Waals surface area contributed by atoms with Crippen LogP contribution in [0.1, 0.15) is 17.3 Å². The monoisotopic (exact) mass is 287 g/mol. The Labute approximate surface area is 101 Å². The van der Waals surface area contributed by atoms with Gasteiger partial charge in [-0.1, -0.05) is 6.07 Å². The molecule has 0 aromatic heterocycles. The largest absolute Gasteiger partial charge is 0.478 e. The summed E-state index contributed by atoms with van der Waals surface area (Å²) >= 11 is 3.16. The summed E-state index contributed by atoms with van der Waals surface area (Å²) in [5, 5.41) is 11.3. The smallest absolute Gasteiger partial charge is 0.411 e. The van der Waals surface area contributed by atoms with E-state index in [-0.39, 0.29) is 17.9 Å². The zero-order valence-corrected chi connectivity index (χ0v) is 10.1. The van der Waals surface area contributed by atoms with Crippen molar-refractivity contribution in [2.75, 3.05) is 11.9 Å². The molecule has 1 aromatic carbocycles. The van der Waals surface area contributed by atoms with Crippen molar-refractivity contribution in [3.8, 4) is 0 Å². The highest BCUT2D eigenvalue weighted by atomic mass is 79.9. The molecule has 0 saturated carbocycles. The van der Waals surface area contributed by atoms with Crippen LogP contribution < -0.4 is 5.32 Å². The number of carboxylic acids is 1. The number of carbonyl (C=O) groups excluding carboxylic acids is 1. The van der Waals surface area contributed by atoms with E-state index in [0.717, 1.165) is 0 Å². The summed E-state index contributed by atoms with van der Waals surface area (Å²) in [6.45, 7) is 1.89. The van der Waals surface area contributed by atoms with Crippen molar-refractivity contribution in [2.45, 2.75) is 6.92 Å². The average Bonchev–Trinajstić information content (AvgIpc) is 2.21. The first kappa shape index (κ1) is 12.5. The summed E-state index contributed by atoms with van der Waals surface area (Å²) in [6, 6.07) is 4.60. The van der Waals surface area contributed by atoms with Crippen LogP contribution in [0.15, 0.2) is 22.7 Å². The third-order valence-electron chi connectivity index (χ3n) is 1.75. The quantitative estimate of drug-likeness (QED) is 0.896. The number of para-hydroxylation sites is 1. The van der Waals surface area contributed by atoms with Gasteiger partial charge in [0.15, 0.2) is 0 Å². The molecular weight excluding hydrogens is 278 g/mol. The maximum absolute atomic E-state index is 11.2. The lowest BCUT2D eigenvalue weighted by molar-refractivity contribution is 0.0698. The van der Waals surface area contributed by atoms with Crippen molar-refractivity contribution >= 4 is 33.7 Å². The van der Waals surface area contributed by atoms with Gasteiger partial charge in [-0.2, -0.15) is 0 Å². The summed E-state index contributed by atoms with van der Waals surface area (Å²) in [6.07, 6.45) is -0.683. The molecule has 5 nitrogen and oxygen atoms in total. The maximum atomic E-state index is 11.2. The zero-order chi connectivity index (χ0) is 12.1. The van der Waals surface area contributed by atoms with Crippen LogP contribution in [0.2, 0.25) is 0 Å². The van der Waals surface area contributed by atoms with Crippen molar-refractivity contribution in [2.24, 2.45) is 0 Å². The van der Waals surface area contributed by atoms with Crippen molar-refractivity contribution in [1.82, 2.24) is 0 Å². The van der Waals surface area contributed by atoms with E-state index in [1.165, 1.54) is 6.07 Å². The van der Waals surface area contributed by atoms with Crippen LogP contribution in [-0.2, 0) is 4.74 Å². The van der Waals surface area contributed by atoms with E-state index in [1.807, 2.05) is 0 Å². The lowest BCUT2D eigenvalue weighted by atomic mass is 10.2. The Hall–Kier alpha value is -1.56. The van der Waals surface area contributed by atoms with E-state index in [9.17, 15) is 9.59 Å². The number of carboxylic acid groups (broad SMARTS) is 1. The molecule has 1 aromatic rings. The van der Waals surface area contributed by atoms with Crippen LogP contribution in [0.5, 0.6) is 0 Å². The van der Waals surface area contributed by atoms with E-state index in [0.29, 0.717) is 4.47 Å². The minimum absolute atomic E-state index is 0.00225. The van der Waals surface area contributed by atoms with Crippen molar-refractivity contribution in [3.05, 3.63) is 28.2 Å². The predicted octanol–water partition coefficient (Wildman–Crippen LogP) is 2.72. The zero-order valence-electron chi connectivity index (χ0n) is 8.49. The van der Waals surface area contributed by atoms with E-state index < -0.39 is 12.1 Å². The van der Waals surface area contributed by atoms with Crippen molar-refractivity contribution in [3.63, 3.8) is 0 Å². The molecule has 86 valence electrons.